The van der Waals surface area contributed by atoms with Gasteiger partial charge in [0.1, 0.15) is 11.6 Å². The summed E-state index contributed by atoms with van der Waals surface area (Å²) in [6.45, 7) is 6.67. The third-order valence-electron chi connectivity index (χ3n) is 10.3. The van der Waals surface area contributed by atoms with E-state index in [2.05, 4.69) is 128 Å². The molecule has 9 aromatic rings. The summed E-state index contributed by atoms with van der Waals surface area (Å²) < 4.78 is 15.9. The number of aromatic nitrogens is 4. The Morgan fingerprint density at radius 2 is 1.27 bits per heavy atom. The quantitative estimate of drug-likeness (QED) is 0.143. The number of hydrogen-bond donors (Lipinski definition) is 0. The smallest absolute Gasteiger partial charge is 0.509 e. The van der Waals surface area contributed by atoms with Crippen LogP contribution in [0.4, 0.5) is 0 Å². The van der Waals surface area contributed by atoms with E-state index >= 15 is 0 Å². The summed E-state index contributed by atoms with van der Waals surface area (Å²) in [5.41, 5.74) is 13.4. The largest absolute Gasteiger partial charge is 2.00 e. The minimum Gasteiger partial charge on any atom is -0.509 e. The predicted octanol–water partition coefficient (Wildman–Crippen LogP) is 11.7. The van der Waals surface area contributed by atoms with Crippen LogP contribution in [0.2, 0.25) is 0 Å². The van der Waals surface area contributed by atoms with Crippen LogP contribution in [-0.4, -0.2) is 26.4 Å². The molecule has 0 unspecified atom stereocenters. The predicted molar refractivity (Wildman–Crippen MR) is 217 cm³/mol. The van der Waals surface area contributed by atoms with Gasteiger partial charge in [-0.05, 0) is 82.9 Å². The van der Waals surface area contributed by atoms with E-state index in [9.17, 15) is 0 Å². The molecule has 0 aliphatic carbocycles. The minimum absolute atomic E-state index is 0. The van der Waals surface area contributed by atoms with Crippen LogP contribution in [0.25, 0.3) is 66.7 Å². The van der Waals surface area contributed by atoms with Gasteiger partial charge in [0.25, 0.3) is 0 Å². The molecule has 0 aliphatic rings. The number of hydrogen-bond acceptors (Lipinski definition) is 4. The fourth-order valence-corrected chi connectivity index (χ4v) is 7.53. The van der Waals surface area contributed by atoms with Gasteiger partial charge in [-0.15, -0.1) is 35.7 Å². The molecule has 55 heavy (non-hydrogen) atoms. The third kappa shape index (κ3) is 6.43. The Labute approximate surface area is 334 Å². The SMILES string of the molecule is COc1ccnc(-n2c3[c-]c(Oc4[c-]c(-n5cc(-c6c(-c7ccccc7)c(C)c(C)c(C)c6-c6ccccc6)cn5)ccc4)ccc3c3ccccc32)c1.[Pt+2]. The molecule has 0 fully saturated rings. The van der Waals surface area contributed by atoms with Crippen molar-refractivity contribution in [1.29, 1.82) is 0 Å². The molecule has 3 heterocycles. The number of rotatable bonds is 8. The molecule has 7 heteroatoms. The average Bonchev–Trinajstić information content (AvgIpc) is 3.84. The minimum atomic E-state index is 0. The number of nitrogens with zero attached hydrogens (tertiary/aromatic N) is 4. The van der Waals surface area contributed by atoms with E-state index in [0.29, 0.717) is 11.5 Å². The number of fused-ring (bicyclic) bond motifs is 3. The van der Waals surface area contributed by atoms with E-state index in [4.69, 9.17) is 14.6 Å². The van der Waals surface area contributed by atoms with Crippen LogP contribution in [0, 0.1) is 32.9 Å². The molecule has 6 nitrogen and oxygen atoms in total. The van der Waals surface area contributed by atoms with E-state index in [1.54, 1.807) is 13.3 Å². The fourth-order valence-electron chi connectivity index (χ4n) is 7.53. The van der Waals surface area contributed by atoms with Crippen molar-refractivity contribution >= 4 is 21.8 Å². The molecule has 0 radical (unpaired) electrons. The summed E-state index contributed by atoms with van der Waals surface area (Å²) in [5, 5.41) is 7.04. The van der Waals surface area contributed by atoms with Crippen molar-refractivity contribution in [2.45, 2.75) is 20.8 Å². The molecule has 9 rings (SSSR count). The van der Waals surface area contributed by atoms with Gasteiger partial charge in [-0.25, -0.2) is 4.98 Å². The van der Waals surface area contributed by atoms with Crippen LogP contribution in [0.1, 0.15) is 16.7 Å². The van der Waals surface area contributed by atoms with Gasteiger partial charge in [0.05, 0.1) is 13.3 Å². The molecule has 6 aromatic carbocycles. The second kappa shape index (κ2) is 14.9. The van der Waals surface area contributed by atoms with Crippen molar-refractivity contribution in [3.63, 3.8) is 0 Å². The van der Waals surface area contributed by atoms with Crippen molar-refractivity contribution in [2.24, 2.45) is 0 Å². The maximum Gasteiger partial charge on any atom is 2.00 e. The van der Waals surface area contributed by atoms with Gasteiger partial charge in [0.15, 0.2) is 0 Å². The Kier molecular flexibility index (Phi) is 9.69. The van der Waals surface area contributed by atoms with E-state index in [1.807, 2.05) is 59.4 Å². The summed E-state index contributed by atoms with van der Waals surface area (Å²) >= 11 is 0. The molecule has 270 valence electrons. The van der Waals surface area contributed by atoms with Gasteiger partial charge in [0.2, 0.25) is 0 Å². The number of pyridine rings is 1. The topological polar surface area (TPSA) is 54.1 Å². The number of benzene rings is 6. The second-order valence-corrected chi connectivity index (χ2v) is 13.4. The summed E-state index contributed by atoms with van der Waals surface area (Å²) in [6.07, 6.45) is 5.80. The Morgan fingerprint density at radius 3 is 1.98 bits per heavy atom. The Balaban J connectivity index is 0.00000427. The van der Waals surface area contributed by atoms with Crippen LogP contribution in [0.5, 0.6) is 17.2 Å². The number of ether oxygens (including phenoxy) is 2. The average molecular weight is 896 g/mol. The van der Waals surface area contributed by atoms with Crippen LogP contribution in [0.15, 0.2) is 146 Å². The van der Waals surface area contributed by atoms with E-state index in [1.165, 1.54) is 38.9 Å². The standard InChI is InChI=1S/C48H36N4O2.Pt/c1-31-32(2)46(34-14-7-5-8-15-34)48(47(33(31)3)35-16-9-6-10-17-35)36-29-50-51(30-36)37-18-13-19-39(26-37)54-40-22-23-42-41-20-11-12-21-43(41)52(44(42)27-40)45-28-38(53-4)24-25-49-45;/h5-25,28-30H,1-4H3;/q-2;+2. The Bertz CT molecular complexity index is 2760. The normalized spacial score (nSPS) is 11.1. The van der Waals surface area contributed by atoms with E-state index < -0.39 is 0 Å². The fraction of sp³-hybridized carbons (Fsp3) is 0.0833. The van der Waals surface area contributed by atoms with Crippen LogP contribution < -0.4 is 9.47 Å². The van der Waals surface area contributed by atoms with Crippen molar-refractivity contribution in [3.8, 4) is 62.1 Å². The first kappa shape index (κ1) is 35.8. The molecular weight excluding hydrogens is 860 g/mol. The summed E-state index contributed by atoms with van der Waals surface area (Å²) in [6, 6.07) is 50.2. The summed E-state index contributed by atoms with van der Waals surface area (Å²) in [4.78, 5) is 4.68. The van der Waals surface area contributed by atoms with Crippen molar-refractivity contribution in [2.75, 3.05) is 7.11 Å². The molecule has 0 atom stereocenters. The van der Waals surface area contributed by atoms with E-state index in [0.717, 1.165) is 50.2 Å². The van der Waals surface area contributed by atoms with Crippen molar-refractivity contribution < 1.29 is 30.5 Å². The van der Waals surface area contributed by atoms with Crippen molar-refractivity contribution in [3.05, 3.63) is 175 Å². The molecule has 0 amide bonds. The van der Waals surface area contributed by atoms with Gasteiger partial charge in [-0.3, -0.25) is 4.68 Å². The van der Waals surface area contributed by atoms with Gasteiger partial charge >= 0.3 is 21.1 Å². The van der Waals surface area contributed by atoms with Gasteiger partial charge in [0, 0.05) is 46.6 Å². The molecule has 0 saturated heterocycles. The Hall–Kier alpha value is -6.23. The van der Waals surface area contributed by atoms with Crippen LogP contribution in [0.3, 0.4) is 0 Å². The molecule has 0 aliphatic heterocycles. The molecule has 3 aromatic heterocycles. The molecule has 0 spiro atoms. The molecule has 0 bridgehead atoms. The van der Waals surface area contributed by atoms with Gasteiger partial charge in [-0.2, -0.15) is 17.2 Å². The maximum absolute atomic E-state index is 6.46. The van der Waals surface area contributed by atoms with Crippen molar-refractivity contribution in [1.82, 2.24) is 19.3 Å². The van der Waals surface area contributed by atoms with Crippen LogP contribution >= 0.6 is 0 Å². The monoisotopic (exact) mass is 895 g/mol. The van der Waals surface area contributed by atoms with Gasteiger partial charge in [-0.1, -0.05) is 84.4 Å². The maximum atomic E-state index is 6.46. The molecule has 0 N–H and O–H groups in total. The summed E-state index contributed by atoms with van der Waals surface area (Å²) in [7, 11) is 1.66. The first-order valence-electron chi connectivity index (χ1n) is 17.9. The van der Waals surface area contributed by atoms with Crippen LogP contribution in [-0.2, 0) is 21.1 Å². The molecular formula is C48H36N4O2Pt. The molecule has 0 saturated carbocycles. The first-order chi connectivity index (χ1) is 26.5. The van der Waals surface area contributed by atoms with E-state index in [-0.39, 0.29) is 21.1 Å². The summed E-state index contributed by atoms with van der Waals surface area (Å²) in [5.74, 6) is 2.59. The third-order valence-corrected chi connectivity index (χ3v) is 10.3. The Morgan fingerprint density at radius 1 is 0.600 bits per heavy atom. The first-order valence-corrected chi connectivity index (χ1v) is 17.9. The zero-order valence-corrected chi connectivity index (χ0v) is 33.1. The second-order valence-electron chi connectivity index (χ2n) is 13.4. The van der Waals surface area contributed by atoms with Gasteiger partial charge < -0.3 is 14.0 Å². The number of methoxy groups -OCH3 is 1. The zero-order valence-electron chi connectivity index (χ0n) is 30.8. The number of para-hydroxylation sites is 1. The zero-order chi connectivity index (χ0) is 36.8.